The lowest BCUT2D eigenvalue weighted by molar-refractivity contribution is 0.0693. The molecule has 1 fully saturated rings. The first kappa shape index (κ1) is 15.2. The minimum absolute atomic E-state index is 0.0572. The number of anilines is 1. The second-order valence-corrected chi connectivity index (χ2v) is 5.80. The Morgan fingerprint density at radius 2 is 2.00 bits per heavy atom. The zero-order chi connectivity index (χ0) is 15.6. The van der Waals surface area contributed by atoms with E-state index in [1.807, 2.05) is 13.8 Å². The molecule has 1 aromatic carbocycles. The van der Waals surface area contributed by atoms with Crippen LogP contribution in [0.5, 0.6) is 5.75 Å². The van der Waals surface area contributed by atoms with Crippen molar-refractivity contribution in [1.29, 1.82) is 0 Å². The lowest BCUT2D eigenvalue weighted by atomic mass is 9.99. The fourth-order valence-electron chi connectivity index (χ4n) is 2.31. The van der Waals surface area contributed by atoms with Crippen LogP contribution in [0.2, 0.25) is 0 Å². The minimum Gasteiger partial charge on any atom is -0.496 e. The van der Waals surface area contributed by atoms with Gasteiger partial charge in [-0.15, -0.1) is 0 Å². The van der Waals surface area contributed by atoms with E-state index < -0.39 is 5.97 Å². The first-order chi connectivity index (χ1) is 9.83. The molecule has 0 radical (unpaired) electrons. The zero-order valence-corrected chi connectivity index (χ0v) is 12.4. The van der Waals surface area contributed by atoms with Gasteiger partial charge in [-0.05, 0) is 44.7 Å². The van der Waals surface area contributed by atoms with Crippen molar-refractivity contribution in [1.82, 2.24) is 5.32 Å². The fraction of sp³-hybridized carbons (Fsp3) is 0.467. The predicted octanol–water partition coefficient (Wildman–Crippen LogP) is 2.70. The van der Waals surface area contributed by atoms with Gasteiger partial charge in [-0.2, -0.15) is 0 Å². The standard InChI is InChI=1S/C15H20N2O4/c1-15(2,9-4-5-9)17-14(20)16-10-6-7-11(13(18)19)12(8-10)21-3/h6-9H,4-5H2,1-3H3,(H,18,19)(H2,16,17,20). The Bertz CT molecular complexity index is 565. The maximum absolute atomic E-state index is 12.0. The number of methoxy groups -OCH3 is 1. The molecule has 0 saturated heterocycles. The number of hydrogen-bond donors (Lipinski definition) is 3. The maximum atomic E-state index is 12.0. The Morgan fingerprint density at radius 3 is 2.52 bits per heavy atom. The van der Waals surface area contributed by atoms with E-state index in [2.05, 4.69) is 10.6 Å². The molecule has 1 aliphatic rings. The number of carbonyl (C=O) groups excluding carboxylic acids is 1. The Morgan fingerprint density at radius 1 is 1.33 bits per heavy atom. The summed E-state index contributed by atoms with van der Waals surface area (Å²) < 4.78 is 5.03. The molecule has 1 saturated carbocycles. The van der Waals surface area contributed by atoms with Crippen molar-refractivity contribution >= 4 is 17.7 Å². The van der Waals surface area contributed by atoms with Crippen LogP contribution >= 0.6 is 0 Å². The lowest BCUT2D eigenvalue weighted by Crippen LogP contribution is -2.47. The fourth-order valence-corrected chi connectivity index (χ4v) is 2.31. The number of carbonyl (C=O) groups is 2. The Kier molecular flexibility index (Phi) is 4.06. The van der Waals surface area contributed by atoms with Crippen molar-refractivity contribution in [3.8, 4) is 5.75 Å². The molecule has 1 aromatic rings. The van der Waals surface area contributed by atoms with Crippen molar-refractivity contribution in [2.75, 3.05) is 12.4 Å². The molecule has 114 valence electrons. The summed E-state index contributed by atoms with van der Waals surface area (Å²) in [5.41, 5.74) is 0.303. The summed E-state index contributed by atoms with van der Waals surface area (Å²) in [5, 5.41) is 14.6. The van der Waals surface area contributed by atoms with Gasteiger partial charge in [0.25, 0.3) is 0 Å². The van der Waals surface area contributed by atoms with Crippen LogP contribution in [-0.2, 0) is 0 Å². The van der Waals surface area contributed by atoms with Gasteiger partial charge in [0.05, 0.1) is 7.11 Å². The molecular formula is C15H20N2O4. The van der Waals surface area contributed by atoms with Crippen molar-refractivity contribution < 1.29 is 19.4 Å². The van der Waals surface area contributed by atoms with Crippen molar-refractivity contribution in [2.24, 2.45) is 5.92 Å². The highest BCUT2D eigenvalue weighted by molar-refractivity contribution is 5.94. The summed E-state index contributed by atoms with van der Waals surface area (Å²) in [6.07, 6.45) is 2.27. The van der Waals surface area contributed by atoms with E-state index in [0.29, 0.717) is 11.6 Å². The molecule has 0 spiro atoms. The molecule has 1 aliphatic carbocycles. The molecule has 6 nitrogen and oxygen atoms in total. The van der Waals surface area contributed by atoms with Gasteiger partial charge < -0.3 is 20.5 Å². The molecule has 0 aromatic heterocycles. The molecule has 2 rings (SSSR count). The number of carboxylic acids is 1. The number of urea groups is 1. The Labute approximate surface area is 123 Å². The van der Waals surface area contributed by atoms with Crippen LogP contribution in [0.3, 0.4) is 0 Å². The molecule has 2 amide bonds. The van der Waals surface area contributed by atoms with Crippen molar-refractivity contribution in [3.63, 3.8) is 0 Å². The number of hydrogen-bond acceptors (Lipinski definition) is 3. The number of amides is 2. The second-order valence-electron chi connectivity index (χ2n) is 5.80. The maximum Gasteiger partial charge on any atom is 0.339 e. The SMILES string of the molecule is COc1cc(NC(=O)NC(C)(C)C2CC2)ccc1C(=O)O. The number of nitrogens with one attached hydrogen (secondary N) is 2. The van der Waals surface area contributed by atoms with Crippen molar-refractivity contribution in [3.05, 3.63) is 23.8 Å². The highest BCUT2D eigenvalue weighted by Gasteiger charge is 2.38. The van der Waals surface area contributed by atoms with Gasteiger partial charge in [0.2, 0.25) is 0 Å². The smallest absolute Gasteiger partial charge is 0.339 e. The Balaban J connectivity index is 2.05. The van der Waals surface area contributed by atoms with Crippen LogP contribution in [0.1, 0.15) is 37.0 Å². The van der Waals surface area contributed by atoms with E-state index in [1.165, 1.54) is 25.3 Å². The number of ether oxygens (including phenoxy) is 1. The van der Waals surface area contributed by atoms with Gasteiger partial charge in [-0.1, -0.05) is 0 Å². The van der Waals surface area contributed by atoms with Crippen molar-refractivity contribution in [2.45, 2.75) is 32.2 Å². The third kappa shape index (κ3) is 3.65. The first-order valence-electron chi connectivity index (χ1n) is 6.84. The average Bonchev–Trinajstić information content (AvgIpc) is 3.21. The van der Waals surface area contributed by atoms with Crippen LogP contribution in [0, 0.1) is 5.92 Å². The van der Waals surface area contributed by atoms with E-state index in [-0.39, 0.29) is 22.9 Å². The van der Waals surface area contributed by atoms with E-state index in [1.54, 1.807) is 0 Å². The average molecular weight is 292 g/mol. The van der Waals surface area contributed by atoms with E-state index in [0.717, 1.165) is 12.8 Å². The molecule has 0 heterocycles. The lowest BCUT2D eigenvalue weighted by Gasteiger charge is -2.26. The van der Waals surface area contributed by atoms with Crippen LogP contribution < -0.4 is 15.4 Å². The van der Waals surface area contributed by atoms with Gasteiger partial charge in [-0.25, -0.2) is 9.59 Å². The molecule has 0 bridgehead atoms. The van der Waals surface area contributed by atoms with Crippen LogP contribution in [0.15, 0.2) is 18.2 Å². The molecule has 3 N–H and O–H groups in total. The number of rotatable bonds is 5. The van der Waals surface area contributed by atoms with Gasteiger partial charge >= 0.3 is 12.0 Å². The monoisotopic (exact) mass is 292 g/mol. The largest absolute Gasteiger partial charge is 0.496 e. The highest BCUT2D eigenvalue weighted by atomic mass is 16.5. The summed E-state index contributed by atoms with van der Waals surface area (Å²) in [5.74, 6) is -0.341. The second kappa shape index (κ2) is 5.63. The van der Waals surface area contributed by atoms with Gasteiger partial charge in [0.1, 0.15) is 11.3 Å². The van der Waals surface area contributed by atoms with E-state index in [9.17, 15) is 9.59 Å². The van der Waals surface area contributed by atoms with E-state index >= 15 is 0 Å². The zero-order valence-electron chi connectivity index (χ0n) is 12.4. The Hall–Kier alpha value is -2.24. The van der Waals surface area contributed by atoms with Gasteiger partial charge in [0, 0.05) is 17.3 Å². The number of aromatic carboxylic acids is 1. The van der Waals surface area contributed by atoms with Gasteiger partial charge in [0.15, 0.2) is 0 Å². The normalized spacial score (nSPS) is 14.4. The molecule has 0 unspecified atom stereocenters. The minimum atomic E-state index is -1.07. The number of benzene rings is 1. The van der Waals surface area contributed by atoms with Gasteiger partial charge in [-0.3, -0.25) is 0 Å². The third-order valence-electron chi connectivity index (χ3n) is 3.72. The first-order valence-corrected chi connectivity index (χ1v) is 6.84. The van der Waals surface area contributed by atoms with E-state index in [4.69, 9.17) is 9.84 Å². The summed E-state index contributed by atoms with van der Waals surface area (Å²) in [6.45, 7) is 4.00. The molecular weight excluding hydrogens is 272 g/mol. The van der Waals surface area contributed by atoms with Crippen LogP contribution in [-0.4, -0.2) is 29.8 Å². The molecule has 0 atom stereocenters. The highest BCUT2D eigenvalue weighted by Crippen LogP contribution is 2.39. The summed E-state index contributed by atoms with van der Waals surface area (Å²) in [6, 6.07) is 4.13. The third-order valence-corrected chi connectivity index (χ3v) is 3.72. The summed E-state index contributed by atoms with van der Waals surface area (Å²) >= 11 is 0. The summed E-state index contributed by atoms with van der Waals surface area (Å²) in [4.78, 5) is 23.0. The number of carboxylic acid groups (broad SMARTS) is 1. The quantitative estimate of drug-likeness (QED) is 0.778. The van der Waals surface area contributed by atoms with Crippen LogP contribution in [0.25, 0.3) is 0 Å². The summed E-state index contributed by atoms with van der Waals surface area (Å²) in [7, 11) is 1.39. The predicted molar refractivity (Wildman–Crippen MR) is 78.9 cm³/mol. The molecule has 6 heteroatoms. The van der Waals surface area contributed by atoms with Crippen LogP contribution in [0.4, 0.5) is 10.5 Å². The molecule has 0 aliphatic heterocycles. The molecule has 21 heavy (non-hydrogen) atoms. The topological polar surface area (TPSA) is 87.7 Å².